The Kier molecular flexibility index (Phi) is 3.43. The maximum atomic E-state index is 13.1. The van der Waals surface area contributed by atoms with Crippen molar-refractivity contribution in [2.45, 2.75) is 32.5 Å². The summed E-state index contributed by atoms with van der Waals surface area (Å²) in [7, 11) is 0. The van der Waals surface area contributed by atoms with Gasteiger partial charge in [-0.1, -0.05) is 24.3 Å². The number of hydrogen-bond acceptors (Lipinski definition) is 1. The molecular weight excluding hydrogens is 165 g/mol. The van der Waals surface area contributed by atoms with E-state index in [1.165, 1.54) is 0 Å². The molecule has 0 aliphatic carbocycles. The SMILES string of the molecule is CC(N)Cc1ccccc1C(C)F. The van der Waals surface area contributed by atoms with Crippen LogP contribution in [-0.2, 0) is 6.42 Å². The zero-order chi connectivity index (χ0) is 9.84. The number of alkyl halides is 1. The van der Waals surface area contributed by atoms with Gasteiger partial charge in [-0.2, -0.15) is 0 Å². The zero-order valence-corrected chi connectivity index (χ0v) is 8.13. The minimum absolute atomic E-state index is 0.0832. The van der Waals surface area contributed by atoms with Gasteiger partial charge < -0.3 is 5.73 Å². The largest absolute Gasteiger partial charge is 0.328 e. The van der Waals surface area contributed by atoms with Gasteiger partial charge in [0, 0.05) is 6.04 Å². The molecule has 0 fully saturated rings. The highest BCUT2D eigenvalue weighted by atomic mass is 19.1. The van der Waals surface area contributed by atoms with E-state index in [1.807, 2.05) is 31.2 Å². The Labute approximate surface area is 78.8 Å². The second kappa shape index (κ2) is 4.38. The van der Waals surface area contributed by atoms with E-state index in [-0.39, 0.29) is 6.04 Å². The highest BCUT2D eigenvalue weighted by molar-refractivity contribution is 5.29. The topological polar surface area (TPSA) is 26.0 Å². The number of hydrogen-bond donors (Lipinski definition) is 1. The Balaban J connectivity index is 2.91. The van der Waals surface area contributed by atoms with Gasteiger partial charge >= 0.3 is 0 Å². The molecule has 2 N–H and O–H groups in total. The molecule has 0 saturated carbocycles. The fourth-order valence-corrected chi connectivity index (χ4v) is 1.46. The van der Waals surface area contributed by atoms with E-state index in [0.717, 1.165) is 17.5 Å². The molecular formula is C11H16FN. The molecule has 2 unspecified atom stereocenters. The van der Waals surface area contributed by atoms with E-state index < -0.39 is 6.17 Å². The molecule has 0 saturated heterocycles. The number of nitrogens with two attached hydrogens (primary N) is 1. The van der Waals surface area contributed by atoms with Crippen LogP contribution in [0.2, 0.25) is 0 Å². The van der Waals surface area contributed by atoms with Crippen LogP contribution in [0.1, 0.15) is 31.1 Å². The summed E-state index contributed by atoms with van der Waals surface area (Å²) in [6, 6.07) is 7.62. The van der Waals surface area contributed by atoms with Crippen LogP contribution in [0.15, 0.2) is 24.3 Å². The van der Waals surface area contributed by atoms with Crippen molar-refractivity contribution < 1.29 is 4.39 Å². The minimum Gasteiger partial charge on any atom is -0.328 e. The molecule has 1 rings (SSSR count). The molecule has 0 bridgehead atoms. The van der Waals surface area contributed by atoms with Gasteiger partial charge in [0.25, 0.3) is 0 Å². The summed E-state index contributed by atoms with van der Waals surface area (Å²) < 4.78 is 13.1. The van der Waals surface area contributed by atoms with Gasteiger partial charge in [0.05, 0.1) is 0 Å². The van der Waals surface area contributed by atoms with Crippen LogP contribution in [0.5, 0.6) is 0 Å². The molecule has 2 atom stereocenters. The second-order valence-electron chi connectivity index (χ2n) is 3.50. The lowest BCUT2D eigenvalue weighted by atomic mass is 9.99. The molecule has 1 aromatic rings. The van der Waals surface area contributed by atoms with Gasteiger partial charge in [-0.15, -0.1) is 0 Å². The maximum Gasteiger partial charge on any atom is 0.123 e. The van der Waals surface area contributed by atoms with Crippen LogP contribution in [0.3, 0.4) is 0 Å². The van der Waals surface area contributed by atoms with E-state index in [2.05, 4.69) is 0 Å². The van der Waals surface area contributed by atoms with Crippen molar-refractivity contribution in [2.24, 2.45) is 5.73 Å². The smallest absolute Gasteiger partial charge is 0.123 e. The minimum atomic E-state index is -0.907. The second-order valence-corrected chi connectivity index (χ2v) is 3.50. The summed E-state index contributed by atoms with van der Waals surface area (Å²) >= 11 is 0. The lowest BCUT2D eigenvalue weighted by Crippen LogP contribution is -2.18. The third-order valence-corrected chi connectivity index (χ3v) is 2.03. The molecule has 0 aliphatic rings. The van der Waals surface area contributed by atoms with Crippen LogP contribution in [0.25, 0.3) is 0 Å². The predicted octanol–water partition coefficient (Wildman–Crippen LogP) is 2.61. The van der Waals surface area contributed by atoms with E-state index in [4.69, 9.17) is 5.73 Å². The Hall–Kier alpha value is -0.890. The first-order chi connectivity index (χ1) is 6.11. The van der Waals surface area contributed by atoms with Crippen molar-refractivity contribution in [3.8, 4) is 0 Å². The summed E-state index contributed by atoms with van der Waals surface area (Å²) in [6.45, 7) is 3.49. The molecule has 0 radical (unpaired) electrons. The Morgan fingerprint density at radius 3 is 2.46 bits per heavy atom. The molecule has 0 heterocycles. The van der Waals surface area contributed by atoms with Crippen LogP contribution >= 0.6 is 0 Å². The average Bonchev–Trinajstić information content (AvgIpc) is 2.03. The predicted molar refractivity (Wildman–Crippen MR) is 53.3 cm³/mol. The first kappa shape index (κ1) is 10.2. The molecule has 1 nitrogen and oxygen atoms in total. The first-order valence-electron chi connectivity index (χ1n) is 4.58. The normalized spacial score (nSPS) is 15.4. The van der Waals surface area contributed by atoms with E-state index >= 15 is 0 Å². The van der Waals surface area contributed by atoms with Crippen LogP contribution in [0, 0.1) is 0 Å². The molecule has 0 amide bonds. The maximum absolute atomic E-state index is 13.1. The van der Waals surface area contributed by atoms with Crippen molar-refractivity contribution in [1.29, 1.82) is 0 Å². The van der Waals surface area contributed by atoms with E-state index in [0.29, 0.717) is 0 Å². The Morgan fingerprint density at radius 1 is 1.31 bits per heavy atom. The van der Waals surface area contributed by atoms with Gasteiger partial charge in [0.15, 0.2) is 0 Å². The fraction of sp³-hybridized carbons (Fsp3) is 0.455. The third-order valence-electron chi connectivity index (χ3n) is 2.03. The van der Waals surface area contributed by atoms with E-state index in [1.54, 1.807) is 6.92 Å². The number of halogens is 1. The monoisotopic (exact) mass is 181 g/mol. The zero-order valence-electron chi connectivity index (χ0n) is 8.13. The van der Waals surface area contributed by atoms with Gasteiger partial charge in [-0.05, 0) is 31.4 Å². The van der Waals surface area contributed by atoms with E-state index in [9.17, 15) is 4.39 Å². The molecule has 72 valence electrons. The highest BCUT2D eigenvalue weighted by Gasteiger charge is 2.09. The van der Waals surface area contributed by atoms with Crippen LogP contribution in [0.4, 0.5) is 4.39 Å². The van der Waals surface area contributed by atoms with Gasteiger partial charge in [-0.25, -0.2) is 4.39 Å². The summed E-state index contributed by atoms with van der Waals surface area (Å²) in [4.78, 5) is 0. The first-order valence-corrected chi connectivity index (χ1v) is 4.58. The van der Waals surface area contributed by atoms with Gasteiger partial charge in [-0.3, -0.25) is 0 Å². The third kappa shape index (κ3) is 2.81. The van der Waals surface area contributed by atoms with Crippen molar-refractivity contribution in [1.82, 2.24) is 0 Å². The van der Waals surface area contributed by atoms with Crippen molar-refractivity contribution in [3.63, 3.8) is 0 Å². The van der Waals surface area contributed by atoms with Crippen LogP contribution < -0.4 is 5.73 Å². The Morgan fingerprint density at radius 2 is 1.92 bits per heavy atom. The fourth-order valence-electron chi connectivity index (χ4n) is 1.46. The van der Waals surface area contributed by atoms with Gasteiger partial charge in [0.1, 0.15) is 6.17 Å². The summed E-state index contributed by atoms with van der Waals surface area (Å²) in [5, 5.41) is 0. The molecule has 0 aliphatic heterocycles. The van der Waals surface area contributed by atoms with Gasteiger partial charge in [0.2, 0.25) is 0 Å². The summed E-state index contributed by atoms with van der Waals surface area (Å²) in [6.07, 6.45) is -0.167. The molecule has 0 spiro atoms. The van der Waals surface area contributed by atoms with Crippen LogP contribution in [-0.4, -0.2) is 6.04 Å². The molecule has 1 aromatic carbocycles. The average molecular weight is 181 g/mol. The molecule has 2 heteroatoms. The number of benzene rings is 1. The lowest BCUT2D eigenvalue weighted by molar-refractivity contribution is 0.371. The lowest BCUT2D eigenvalue weighted by Gasteiger charge is -2.11. The Bertz CT molecular complexity index is 269. The highest BCUT2D eigenvalue weighted by Crippen LogP contribution is 2.21. The molecule has 0 aromatic heterocycles. The molecule has 13 heavy (non-hydrogen) atoms. The summed E-state index contributed by atoms with van der Waals surface area (Å²) in [5.74, 6) is 0. The van der Waals surface area contributed by atoms with Crippen molar-refractivity contribution in [3.05, 3.63) is 35.4 Å². The standard InChI is InChI=1S/C11H16FN/c1-8(13)7-10-5-3-4-6-11(10)9(2)12/h3-6,8-9H,7,13H2,1-2H3. The van der Waals surface area contributed by atoms with Crippen molar-refractivity contribution >= 4 is 0 Å². The van der Waals surface area contributed by atoms with Crippen molar-refractivity contribution in [2.75, 3.05) is 0 Å². The number of rotatable bonds is 3. The quantitative estimate of drug-likeness (QED) is 0.762. The summed E-state index contributed by atoms with van der Waals surface area (Å²) in [5.41, 5.74) is 7.46.